The molecule has 22 heavy (non-hydrogen) atoms. The van der Waals surface area contributed by atoms with E-state index < -0.39 is 0 Å². The van der Waals surface area contributed by atoms with Gasteiger partial charge in [-0.2, -0.15) is 0 Å². The number of carbonyl (C=O) groups is 2. The largest absolute Gasteiger partial charge is 0.455 e. The van der Waals surface area contributed by atoms with Gasteiger partial charge >= 0.3 is 5.97 Å². The summed E-state index contributed by atoms with van der Waals surface area (Å²) in [5.41, 5.74) is 2.35. The van der Waals surface area contributed by atoms with Gasteiger partial charge in [0.1, 0.15) is 0 Å². The molecule has 0 atom stereocenters. The molecule has 0 saturated heterocycles. The third-order valence-corrected chi connectivity index (χ3v) is 4.91. The molecule has 1 N–H and O–H groups in total. The lowest BCUT2D eigenvalue weighted by atomic mass is 10.2. The van der Waals surface area contributed by atoms with E-state index in [1.807, 2.05) is 26.0 Å². The molecule has 0 aliphatic heterocycles. The van der Waals surface area contributed by atoms with Gasteiger partial charge in [-0.25, -0.2) is 0 Å². The molecule has 0 unspecified atom stereocenters. The molecule has 1 amide bonds. The number of hydrogen-bond donors (Lipinski definition) is 1. The van der Waals surface area contributed by atoms with Crippen LogP contribution in [0.2, 0.25) is 0 Å². The molecule has 120 valence electrons. The molecule has 1 aromatic rings. The van der Waals surface area contributed by atoms with Crippen LogP contribution in [0.5, 0.6) is 0 Å². The summed E-state index contributed by atoms with van der Waals surface area (Å²) in [4.78, 5) is 24.5. The van der Waals surface area contributed by atoms with Gasteiger partial charge in [0, 0.05) is 10.9 Å². The topological polar surface area (TPSA) is 55.4 Å². The number of ether oxygens (including phenoxy) is 1. The van der Waals surface area contributed by atoms with Crippen molar-refractivity contribution >= 4 is 23.6 Å². The molecule has 1 fully saturated rings. The second kappa shape index (κ2) is 8.22. The highest BCUT2D eigenvalue weighted by Crippen LogP contribution is 2.23. The number of aryl methyl sites for hydroxylation is 2. The number of thioether (sulfide) groups is 1. The molecule has 0 radical (unpaired) electrons. The number of esters is 1. The first-order chi connectivity index (χ1) is 10.5. The summed E-state index contributed by atoms with van der Waals surface area (Å²) in [7, 11) is 0. The van der Waals surface area contributed by atoms with Gasteiger partial charge < -0.3 is 10.1 Å². The van der Waals surface area contributed by atoms with Crippen LogP contribution < -0.4 is 5.32 Å². The summed E-state index contributed by atoms with van der Waals surface area (Å²) < 4.78 is 5.03. The van der Waals surface area contributed by atoms with Gasteiger partial charge in [0.2, 0.25) is 0 Å². The fraction of sp³-hybridized carbons (Fsp3) is 0.529. The van der Waals surface area contributed by atoms with Crippen molar-refractivity contribution in [3.63, 3.8) is 0 Å². The molecule has 1 aliphatic rings. The Balaban J connectivity index is 1.68. The first-order valence-corrected chi connectivity index (χ1v) is 8.68. The van der Waals surface area contributed by atoms with Crippen molar-refractivity contribution in [3.8, 4) is 0 Å². The van der Waals surface area contributed by atoms with Gasteiger partial charge in [-0.05, 0) is 38.3 Å². The van der Waals surface area contributed by atoms with E-state index in [1.54, 1.807) is 0 Å². The Morgan fingerprint density at radius 2 is 2.00 bits per heavy atom. The highest BCUT2D eigenvalue weighted by atomic mass is 32.2. The maximum atomic E-state index is 11.7. The van der Waals surface area contributed by atoms with Crippen molar-refractivity contribution in [2.75, 3.05) is 12.4 Å². The Hall–Kier alpha value is -1.49. The fourth-order valence-electron chi connectivity index (χ4n) is 2.63. The molecule has 0 heterocycles. The Labute approximate surface area is 136 Å². The minimum atomic E-state index is -0.355. The molecule has 0 bridgehead atoms. The third-order valence-electron chi connectivity index (χ3n) is 3.76. The number of nitrogens with one attached hydrogen (secondary N) is 1. The highest BCUT2D eigenvalue weighted by molar-refractivity contribution is 8.00. The molecule has 4 nitrogen and oxygen atoms in total. The van der Waals surface area contributed by atoms with Crippen LogP contribution in [0, 0.1) is 13.8 Å². The second-order valence-electron chi connectivity index (χ2n) is 5.77. The van der Waals surface area contributed by atoms with E-state index >= 15 is 0 Å². The molecule has 5 heteroatoms. The lowest BCUT2D eigenvalue weighted by molar-refractivity contribution is -0.146. The van der Waals surface area contributed by atoms with E-state index in [2.05, 4.69) is 11.4 Å². The molecule has 2 rings (SSSR count). The lowest BCUT2D eigenvalue weighted by Crippen LogP contribution is -2.36. The molecule has 1 aliphatic carbocycles. The molecule has 0 aromatic heterocycles. The normalized spacial score (nSPS) is 14.8. The van der Waals surface area contributed by atoms with Crippen LogP contribution in [-0.2, 0) is 14.3 Å². The predicted molar refractivity (Wildman–Crippen MR) is 88.0 cm³/mol. The van der Waals surface area contributed by atoms with E-state index in [0.29, 0.717) is 0 Å². The van der Waals surface area contributed by atoms with Crippen LogP contribution in [0.1, 0.15) is 36.8 Å². The van der Waals surface area contributed by atoms with Crippen molar-refractivity contribution < 1.29 is 14.3 Å². The van der Waals surface area contributed by atoms with E-state index in [-0.39, 0.29) is 30.3 Å². The second-order valence-corrected chi connectivity index (χ2v) is 6.78. The average molecular weight is 321 g/mol. The van der Waals surface area contributed by atoms with Crippen molar-refractivity contribution in [3.05, 3.63) is 29.3 Å². The van der Waals surface area contributed by atoms with E-state index in [4.69, 9.17) is 4.74 Å². The van der Waals surface area contributed by atoms with Crippen LogP contribution in [0.25, 0.3) is 0 Å². The highest BCUT2D eigenvalue weighted by Gasteiger charge is 2.17. The lowest BCUT2D eigenvalue weighted by Gasteiger charge is -2.12. The van der Waals surface area contributed by atoms with E-state index in [0.717, 1.165) is 36.1 Å². The Morgan fingerprint density at radius 1 is 1.27 bits per heavy atom. The van der Waals surface area contributed by atoms with Crippen molar-refractivity contribution in [1.29, 1.82) is 0 Å². The number of amides is 1. The number of rotatable bonds is 6. The van der Waals surface area contributed by atoms with Gasteiger partial charge in [-0.1, -0.05) is 30.5 Å². The summed E-state index contributed by atoms with van der Waals surface area (Å²) in [6.07, 6.45) is 4.39. The minimum absolute atomic E-state index is 0.178. The smallest absolute Gasteiger partial charge is 0.316 e. The van der Waals surface area contributed by atoms with Gasteiger partial charge in [-0.15, -0.1) is 11.8 Å². The van der Waals surface area contributed by atoms with Crippen LogP contribution >= 0.6 is 11.8 Å². The first kappa shape index (κ1) is 16.9. The van der Waals surface area contributed by atoms with Crippen LogP contribution in [0.3, 0.4) is 0 Å². The summed E-state index contributed by atoms with van der Waals surface area (Å²) in [6, 6.07) is 6.38. The molecule has 1 aromatic carbocycles. The van der Waals surface area contributed by atoms with Crippen LogP contribution in [0.4, 0.5) is 0 Å². The predicted octanol–water partition coefficient (Wildman–Crippen LogP) is 3.00. The maximum Gasteiger partial charge on any atom is 0.316 e. The maximum absolute atomic E-state index is 11.7. The van der Waals surface area contributed by atoms with Crippen LogP contribution in [-0.4, -0.2) is 30.3 Å². The first-order valence-electron chi connectivity index (χ1n) is 7.69. The Morgan fingerprint density at radius 3 is 2.68 bits per heavy atom. The van der Waals surface area contributed by atoms with Crippen molar-refractivity contribution in [1.82, 2.24) is 5.32 Å². The van der Waals surface area contributed by atoms with E-state index in [1.165, 1.54) is 17.3 Å². The fourth-order valence-corrected chi connectivity index (χ4v) is 3.43. The quantitative estimate of drug-likeness (QED) is 0.646. The monoisotopic (exact) mass is 321 g/mol. The zero-order chi connectivity index (χ0) is 15.9. The van der Waals surface area contributed by atoms with Gasteiger partial charge in [-0.3, -0.25) is 9.59 Å². The third kappa shape index (κ3) is 5.37. The number of benzene rings is 1. The van der Waals surface area contributed by atoms with Crippen molar-refractivity contribution in [2.45, 2.75) is 50.5 Å². The molecule has 1 saturated carbocycles. The summed E-state index contributed by atoms with van der Waals surface area (Å²) in [5, 5.41) is 2.90. The summed E-state index contributed by atoms with van der Waals surface area (Å²) >= 11 is 1.44. The average Bonchev–Trinajstić information content (AvgIpc) is 2.97. The number of carbonyl (C=O) groups excluding carboxylic acids is 2. The minimum Gasteiger partial charge on any atom is -0.455 e. The van der Waals surface area contributed by atoms with Gasteiger partial charge in [0.15, 0.2) is 6.61 Å². The zero-order valence-electron chi connectivity index (χ0n) is 13.2. The van der Waals surface area contributed by atoms with E-state index in [9.17, 15) is 9.59 Å². The SMILES string of the molecule is Cc1ccc(SCC(=O)OCC(=O)NC2CCCC2)c(C)c1. The van der Waals surface area contributed by atoms with Gasteiger partial charge in [0.25, 0.3) is 5.91 Å². The Bertz CT molecular complexity index is 539. The number of hydrogen-bond acceptors (Lipinski definition) is 4. The van der Waals surface area contributed by atoms with Crippen molar-refractivity contribution in [2.24, 2.45) is 0 Å². The molecule has 0 spiro atoms. The Kier molecular flexibility index (Phi) is 6.31. The standard InChI is InChI=1S/C17H23NO3S/c1-12-7-8-15(13(2)9-12)22-11-17(20)21-10-16(19)18-14-5-3-4-6-14/h7-9,14H,3-6,10-11H2,1-2H3,(H,18,19). The summed E-state index contributed by atoms with van der Waals surface area (Å²) in [5.74, 6) is -0.330. The van der Waals surface area contributed by atoms with Crippen LogP contribution in [0.15, 0.2) is 23.1 Å². The van der Waals surface area contributed by atoms with Gasteiger partial charge in [0.05, 0.1) is 5.75 Å². The zero-order valence-corrected chi connectivity index (χ0v) is 14.0. The molecular formula is C17H23NO3S. The summed E-state index contributed by atoms with van der Waals surface area (Å²) in [6.45, 7) is 3.89. The molecular weight excluding hydrogens is 298 g/mol.